The highest BCUT2D eigenvalue weighted by atomic mass is 32.2. The predicted molar refractivity (Wildman–Crippen MR) is 135 cm³/mol. The fourth-order valence-corrected chi connectivity index (χ4v) is 4.95. The fraction of sp³-hybridized carbons (Fsp3) is 0.125. The number of carbonyl (C=O) groups is 1. The van der Waals surface area contributed by atoms with Gasteiger partial charge in [-0.1, -0.05) is 30.0 Å². The summed E-state index contributed by atoms with van der Waals surface area (Å²) < 4.78 is 35.7. The van der Waals surface area contributed by atoms with Crippen LogP contribution < -0.4 is 19.9 Å². The first-order valence-corrected chi connectivity index (χ1v) is 13.2. The lowest BCUT2D eigenvalue weighted by molar-refractivity contribution is -0.115. The number of hydrogen-bond donors (Lipinski definition) is 2. The van der Waals surface area contributed by atoms with Crippen LogP contribution in [0.4, 0.5) is 5.69 Å². The molecule has 3 N–H and O–H groups in total. The van der Waals surface area contributed by atoms with Crippen LogP contribution in [0.25, 0.3) is 17.1 Å². The van der Waals surface area contributed by atoms with Crippen LogP contribution in [-0.2, 0) is 14.8 Å². The molecule has 5 rings (SSSR count). The van der Waals surface area contributed by atoms with Gasteiger partial charge in [-0.15, -0.1) is 10.2 Å². The number of hydrogen-bond acceptors (Lipinski definition) is 8. The third-order valence-corrected chi connectivity index (χ3v) is 7.35. The number of carbonyl (C=O) groups excluding carboxylic acids is 1. The zero-order chi connectivity index (χ0) is 25.3. The van der Waals surface area contributed by atoms with Crippen molar-refractivity contribution in [3.8, 4) is 28.6 Å². The number of rotatable bonds is 7. The lowest BCUT2D eigenvalue weighted by atomic mass is 10.2. The number of anilines is 1. The Kier molecular flexibility index (Phi) is 6.39. The van der Waals surface area contributed by atoms with E-state index < -0.39 is 15.3 Å². The number of thioether (sulfide) groups is 1. The largest absolute Gasteiger partial charge is 0.454 e. The highest BCUT2D eigenvalue weighted by Crippen LogP contribution is 2.37. The number of ether oxygens (including phenoxy) is 2. The molecule has 0 fully saturated rings. The highest BCUT2D eigenvalue weighted by Gasteiger charge is 2.23. The Bertz CT molecular complexity index is 1520. The second-order valence-electron chi connectivity index (χ2n) is 7.86. The maximum absolute atomic E-state index is 12.9. The average Bonchev–Trinajstić information content (AvgIpc) is 3.51. The Morgan fingerprint density at radius 1 is 1.03 bits per heavy atom. The number of fused-ring (bicyclic) bond motifs is 1. The van der Waals surface area contributed by atoms with Gasteiger partial charge in [-0.2, -0.15) is 0 Å². The number of benzene rings is 3. The number of nitrogens with zero attached hydrogens (tertiary/aromatic N) is 3. The molecular formula is C24H21N5O5S2. The molecule has 1 atom stereocenters. The van der Waals surface area contributed by atoms with Gasteiger partial charge in [0, 0.05) is 16.9 Å². The molecule has 0 bridgehead atoms. The molecule has 0 radical (unpaired) electrons. The van der Waals surface area contributed by atoms with E-state index in [4.69, 9.17) is 14.6 Å². The summed E-state index contributed by atoms with van der Waals surface area (Å²) in [4.78, 5) is 12.9. The standard InChI is InChI=1S/C24H21N5O5S2/c1-15(23(30)26-17-8-10-19(11-9-17)36(25,31)32)35-24-28-27-22(29(24)18-5-3-2-4-6-18)16-7-12-20-21(13-16)34-14-33-20/h2-13,15H,14H2,1H3,(H,26,30)(H2,25,31,32). The Morgan fingerprint density at radius 3 is 2.47 bits per heavy atom. The van der Waals surface area contributed by atoms with Gasteiger partial charge in [-0.05, 0) is 61.5 Å². The van der Waals surface area contributed by atoms with Gasteiger partial charge in [0.25, 0.3) is 0 Å². The van der Waals surface area contributed by atoms with Crippen LogP contribution >= 0.6 is 11.8 Å². The minimum atomic E-state index is -3.81. The second-order valence-corrected chi connectivity index (χ2v) is 10.7. The Balaban J connectivity index is 1.40. The molecule has 36 heavy (non-hydrogen) atoms. The molecule has 184 valence electrons. The van der Waals surface area contributed by atoms with Crippen LogP contribution in [0.3, 0.4) is 0 Å². The van der Waals surface area contributed by atoms with Crippen LogP contribution in [-0.4, -0.2) is 41.1 Å². The van der Waals surface area contributed by atoms with E-state index in [9.17, 15) is 13.2 Å². The summed E-state index contributed by atoms with van der Waals surface area (Å²) >= 11 is 1.25. The summed E-state index contributed by atoms with van der Waals surface area (Å²) in [5.41, 5.74) is 2.07. The quantitative estimate of drug-likeness (QED) is 0.351. The molecule has 0 aliphatic carbocycles. The number of sulfonamides is 1. The van der Waals surface area contributed by atoms with Crippen molar-refractivity contribution in [1.29, 1.82) is 0 Å². The smallest absolute Gasteiger partial charge is 0.238 e. The van der Waals surface area contributed by atoms with Gasteiger partial charge in [-0.25, -0.2) is 13.6 Å². The van der Waals surface area contributed by atoms with Crippen LogP contribution in [0, 0.1) is 0 Å². The number of amides is 1. The van der Waals surface area contributed by atoms with E-state index in [-0.39, 0.29) is 17.6 Å². The molecule has 0 saturated carbocycles. The first-order valence-electron chi connectivity index (χ1n) is 10.8. The second kappa shape index (κ2) is 9.64. The van der Waals surface area contributed by atoms with E-state index in [1.165, 1.54) is 36.0 Å². The normalized spacial score (nSPS) is 13.4. The van der Waals surface area contributed by atoms with Crippen LogP contribution in [0.2, 0.25) is 0 Å². The van der Waals surface area contributed by atoms with Gasteiger partial charge in [0.15, 0.2) is 22.5 Å². The van der Waals surface area contributed by atoms with Crippen molar-refractivity contribution in [3.63, 3.8) is 0 Å². The van der Waals surface area contributed by atoms with E-state index in [0.717, 1.165) is 11.3 Å². The summed E-state index contributed by atoms with van der Waals surface area (Å²) in [6.07, 6.45) is 0. The van der Waals surface area contributed by atoms with Crippen molar-refractivity contribution in [1.82, 2.24) is 14.8 Å². The van der Waals surface area contributed by atoms with Crippen molar-refractivity contribution >= 4 is 33.4 Å². The van der Waals surface area contributed by atoms with Gasteiger partial charge < -0.3 is 14.8 Å². The Morgan fingerprint density at radius 2 is 1.75 bits per heavy atom. The molecule has 0 saturated heterocycles. The minimum Gasteiger partial charge on any atom is -0.454 e. The summed E-state index contributed by atoms with van der Waals surface area (Å²) in [7, 11) is -3.81. The summed E-state index contributed by atoms with van der Waals surface area (Å²) in [6.45, 7) is 1.92. The maximum atomic E-state index is 12.9. The van der Waals surface area contributed by atoms with Crippen molar-refractivity contribution < 1.29 is 22.7 Å². The molecule has 1 aromatic heterocycles. The Hall–Kier alpha value is -3.87. The highest BCUT2D eigenvalue weighted by molar-refractivity contribution is 8.00. The molecule has 1 unspecified atom stereocenters. The molecule has 1 amide bonds. The van der Waals surface area contributed by atoms with Crippen LogP contribution in [0.1, 0.15) is 6.92 Å². The Labute approximate surface area is 211 Å². The number of primary sulfonamides is 1. The SMILES string of the molecule is CC(Sc1nnc(-c2ccc3c(c2)OCO3)n1-c1ccccc1)C(=O)Nc1ccc(S(N)(=O)=O)cc1. The van der Waals surface area contributed by atoms with E-state index in [2.05, 4.69) is 15.5 Å². The van der Waals surface area contributed by atoms with Gasteiger partial charge >= 0.3 is 0 Å². The number of nitrogens with two attached hydrogens (primary N) is 1. The van der Waals surface area contributed by atoms with Crippen molar-refractivity contribution in [2.75, 3.05) is 12.1 Å². The molecule has 1 aliphatic heterocycles. The number of nitrogens with one attached hydrogen (secondary N) is 1. The van der Waals surface area contributed by atoms with Gasteiger partial charge in [0.1, 0.15) is 0 Å². The van der Waals surface area contributed by atoms with Crippen molar-refractivity contribution in [2.24, 2.45) is 5.14 Å². The van der Waals surface area contributed by atoms with E-state index in [1.807, 2.05) is 53.1 Å². The summed E-state index contributed by atoms with van der Waals surface area (Å²) in [6, 6.07) is 20.8. The first kappa shape index (κ1) is 23.9. The fourth-order valence-electron chi connectivity index (χ4n) is 3.56. The molecule has 3 aromatic carbocycles. The molecule has 10 nitrogen and oxygen atoms in total. The molecule has 0 spiro atoms. The lowest BCUT2D eigenvalue weighted by Gasteiger charge is -2.14. The molecule has 2 heterocycles. The minimum absolute atomic E-state index is 0.0325. The summed E-state index contributed by atoms with van der Waals surface area (Å²) in [5, 5.41) is 16.7. The van der Waals surface area contributed by atoms with Gasteiger partial charge in [0.05, 0.1) is 10.1 Å². The van der Waals surface area contributed by atoms with Crippen molar-refractivity contribution in [3.05, 3.63) is 72.8 Å². The van der Waals surface area contributed by atoms with Crippen molar-refractivity contribution in [2.45, 2.75) is 22.2 Å². The first-order chi connectivity index (χ1) is 17.3. The molecule has 1 aliphatic rings. The molecule has 12 heteroatoms. The van der Waals surface area contributed by atoms with E-state index in [0.29, 0.717) is 28.2 Å². The zero-order valence-electron chi connectivity index (χ0n) is 19.0. The van der Waals surface area contributed by atoms with Gasteiger partial charge in [0.2, 0.25) is 22.7 Å². The van der Waals surface area contributed by atoms with Crippen LogP contribution in [0.5, 0.6) is 11.5 Å². The third kappa shape index (κ3) is 4.91. The lowest BCUT2D eigenvalue weighted by Crippen LogP contribution is -2.23. The average molecular weight is 524 g/mol. The predicted octanol–water partition coefficient (Wildman–Crippen LogP) is 3.43. The number of aromatic nitrogens is 3. The van der Waals surface area contributed by atoms with E-state index in [1.54, 1.807) is 6.92 Å². The monoisotopic (exact) mass is 523 g/mol. The van der Waals surface area contributed by atoms with Crippen LogP contribution in [0.15, 0.2) is 82.8 Å². The van der Waals surface area contributed by atoms with E-state index >= 15 is 0 Å². The summed E-state index contributed by atoms with van der Waals surface area (Å²) in [5.74, 6) is 1.61. The number of para-hydroxylation sites is 1. The van der Waals surface area contributed by atoms with Gasteiger partial charge in [-0.3, -0.25) is 9.36 Å². The molecular weight excluding hydrogens is 502 g/mol. The topological polar surface area (TPSA) is 138 Å². The molecule has 4 aromatic rings. The third-order valence-electron chi connectivity index (χ3n) is 5.38. The zero-order valence-corrected chi connectivity index (χ0v) is 20.6. The maximum Gasteiger partial charge on any atom is 0.238 e.